The lowest BCUT2D eigenvalue weighted by Crippen LogP contribution is -2.47. The van der Waals surface area contributed by atoms with Gasteiger partial charge in [0.15, 0.2) is 0 Å². The fourth-order valence-electron chi connectivity index (χ4n) is 1.21. The maximum absolute atomic E-state index is 10.8. The van der Waals surface area contributed by atoms with Gasteiger partial charge in [0.25, 0.3) is 0 Å². The molecule has 16 heavy (non-hydrogen) atoms. The molecule has 3 N–H and O–H groups in total. The second kappa shape index (κ2) is 5.37. The van der Waals surface area contributed by atoms with Crippen LogP contribution in [0.4, 0.5) is 0 Å². The molecule has 3 nitrogen and oxygen atoms in total. The van der Waals surface area contributed by atoms with Crippen molar-refractivity contribution in [2.75, 3.05) is 5.75 Å². The number of aryl methyl sites for hydroxylation is 1. The number of nitrogens with two attached hydrogens (primary N) is 1. The largest absolute Gasteiger partial charge is 0.480 e. The maximum Gasteiger partial charge on any atom is 0.324 e. The van der Waals surface area contributed by atoms with Gasteiger partial charge >= 0.3 is 5.97 Å². The molecule has 1 atom stereocenters. The Hall–Kier alpha value is -1.00. The van der Waals surface area contributed by atoms with Gasteiger partial charge in [-0.25, -0.2) is 0 Å². The third-order valence-corrected chi connectivity index (χ3v) is 3.73. The van der Waals surface area contributed by atoms with Gasteiger partial charge in [-0.3, -0.25) is 4.79 Å². The molecule has 0 aliphatic heterocycles. The van der Waals surface area contributed by atoms with Gasteiger partial charge in [0.2, 0.25) is 0 Å². The summed E-state index contributed by atoms with van der Waals surface area (Å²) in [6.45, 7) is 3.59. The van der Waals surface area contributed by atoms with Crippen LogP contribution in [-0.4, -0.2) is 22.4 Å². The molecule has 0 bridgehead atoms. The molecule has 0 fully saturated rings. The number of thioether (sulfide) groups is 1. The highest BCUT2D eigenvalue weighted by atomic mass is 32.2. The molecule has 1 unspecified atom stereocenters. The Labute approximate surface area is 100 Å². The molecular formula is C12H17NO2S. The third kappa shape index (κ3) is 3.54. The second-order valence-corrected chi connectivity index (χ2v) is 5.13. The Morgan fingerprint density at radius 2 is 2.12 bits per heavy atom. The Morgan fingerprint density at radius 3 is 2.69 bits per heavy atom. The molecule has 0 saturated carbocycles. The van der Waals surface area contributed by atoms with E-state index in [1.807, 2.05) is 12.1 Å². The van der Waals surface area contributed by atoms with Crippen molar-refractivity contribution in [2.45, 2.75) is 25.1 Å². The standard InChI is InChI=1S/C12H17NO2S/c1-9-5-3-4-6-10(9)7-16-8-12(2,13)11(14)15/h3-6H,7-8,13H2,1-2H3,(H,14,15). The van der Waals surface area contributed by atoms with Crippen molar-refractivity contribution in [2.24, 2.45) is 5.73 Å². The van der Waals surface area contributed by atoms with E-state index < -0.39 is 11.5 Å². The quantitative estimate of drug-likeness (QED) is 0.825. The van der Waals surface area contributed by atoms with Crippen LogP contribution in [-0.2, 0) is 10.5 Å². The van der Waals surface area contributed by atoms with Crippen molar-refractivity contribution in [3.8, 4) is 0 Å². The van der Waals surface area contributed by atoms with Crippen LogP contribution in [0.5, 0.6) is 0 Å². The van der Waals surface area contributed by atoms with Crippen LogP contribution in [0.2, 0.25) is 0 Å². The summed E-state index contributed by atoms with van der Waals surface area (Å²) < 4.78 is 0. The summed E-state index contributed by atoms with van der Waals surface area (Å²) in [6, 6.07) is 8.08. The summed E-state index contributed by atoms with van der Waals surface area (Å²) in [5, 5.41) is 8.85. The molecule has 0 aromatic heterocycles. The van der Waals surface area contributed by atoms with Gasteiger partial charge in [-0.15, -0.1) is 0 Å². The minimum absolute atomic E-state index is 0.413. The average molecular weight is 239 g/mol. The van der Waals surface area contributed by atoms with E-state index in [1.54, 1.807) is 18.7 Å². The van der Waals surface area contributed by atoms with E-state index in [2.05, 4.69) is 19.1 Å². The van der Waals surface area contributed by atoms with Crippen LogP contribution >= 0.6 is 11.8 Å². The Kier molecular flexibility index (Phi) is 4.38. The highest BCUT2D eigenvalue weighted by Crippen LogP contribution is 2.19. The predicted molar refractivity (Wildman–Crippen MR) is 67.6 cm³/mol. The maximum atomic E-state index is 10.8. The van der Waals surface area contributed by atoms with Gasteiger partial charge in [0.1, 0.15) is 5.54 Å². The minimum atomic E-state index is -1.15. The van der Waals surface area contributed by atoms with Crippen LogP contribution in [0, 0.1) is 6.92 Å². The first-order valence-corrected chi connectivity index (χ1v) is 6.23. The number of carboxylic acids is 1. The van der Waals surface area contributed by atoms with Crippen LogP contribution in [0.25, 0.3) is 0 Å². The SMILES string of the molecule is Cc1ccccc1CSCC(C)(N)C(=O)O. The third-order valence-electron chi connectivity index (χ3n) is 2.41. The zero-order chi connectivity index (χ0) is 12.2. The molecule has 0 heterocycles. The Balaban J connectivity index is 2.48. The smallest absolute Gasteiger partial charge is 0.324 e. The van der Waals surface area contributed by atoms with E-state index in [0.29, 0.717) is 5.75 Å². The highest BCUT2D eigenvalue weighted by molar-refractivity contribution is 7.98. The number of hydrogen-bond donors (Lipinski definition) is 2. The molecule has 1 rings (SSSR count). The molecule has 88 valence electrons. The highest BCUT2D eigenvalue weighted by Gasteiger charge is 2.27. The fourth-order valence-corrected chi connectivity index (χ4v) is 2.40. The molecule has 0 aliphatic carbocycles. The summed E-state index contributed by atoms with van der Waals surface area (Å²) in [4.78, 5) is 10.8. The number of carbonyl (C=O) groups is 1. The van der Waals surface area contributed by atoms with Crippen molar-refractivity contribution in [1.29, 1.82) is 0 Å². The van der Waals surface area contributed by atoms with Crippen LogP contribution < -0.4 is 5.73 Å². The van der Waals surface area contributed by atoms with Gasteiger partial charge in [-0.2, -0.15) is 11.8 Å². The first-order valence-electron chi connectivity index (χ1n) is 5.08. The molecule has 0 saturated heterocycles. The molecule has 4 heteroatoms. The molecular weight excluding hydrogens is 222 g/mol. The van der Waals surface area contributed by atoms with E-state index in [0.717, 1.165) is 5.75 Å². The van der Waals surface area contributed by atoms with Gasteiger partial charge in [0, 0.05) is 11.5 Å². The summed E-state index contributed by atoms with van der Waals surface area (Å²) in [7, 11) is 0. The lowest BCUT2D eigenvalue weighted by Gasteiger charge is -2.18. The van der Waals surface area contributed by atoms with Crippen LogP contribution in [0.3, 0.4) is 0 Å². The van der Waals surface area contributed by atoms with Crippen LogP contribution in [0.15, 0.2) is 24.3 Å². The van der Waals surface area contributed by atoms with Crippen molar-refractivity contribution < 1.29 is 9.90 Å². The topological polar surface area (TPSA) is 63.3 Å². The summed E-state index contributed by atoms with van der Waals surface area (Å²) in [5.74, 6) is 0.258. The van der Waals surface area contributed by atoms with Crippen molar-refractivity contribution in [3.63, 3.8) is 0 Å². The minimum Gasteiger partial charge on any atom is -0.480 e. The lowest BCUT2D eigenvalue weighted by molar-refractivity contribution is -0.141. The fraction of sp³-hybridized carbons (Fsp3) is 0.417. The van der Waals surface area contributed by atoms with Crippen molar-refractivity contribution >= 4 is 17.7 Å². The van der Waals surface area contributed by atoms with E-state index in [1.165, 1.54) is 11.1 Å². The van der Waals surface area contributed by atoms with Gasteiger partial charge in [0.05, 0.1) is 0 Å². The predicted octanol–water partition coefficient (Wildman–Crippen LogP) is 2.03. The first kappa shape index (κ1) is 13.1. The molecule has 1 aromatic rings. The number of rotatable bonds is 5. The monoisotopic (exact) mass is 239 g/mol. The molecule has 0 aliphatic rings. The van der Waals surface area contributed by atoms with E-state index in [-0.39, 0.29) is 0 Å². The molecule has 1 aromatic carbocycles. The van der Waals surface area contributed by atoms with Crippen molar-refractivity contribution in [1.82, 2.24) is 0 Å². The lowest BCUT2D eigenvalue weighted by atomic mass is 10.1. The first-order chi connectivity index (χ1) is 7.43. The normalized spacial score (nSPS) is 14.4. The van der Waals surface area contributed by atoms with Gasteiger partial charge in [-0.1, -0.05) is 24.3 Å². The molecule has 0 spiro atoms. The van der Waals surface area contributed by atoms with E-state index in [9.17, 15) is 4.79 Å². The van der Waals surface area contributed by atoms with Crippen molar-refractivity contribution in [3.05, 3.63) is 35.4 Å². The number of carboxylic acid groups (broad SMARTS) is 1. The van der Waals surface area contributed by atoms with Gasteiger partial charge in [-0.05, 0) is 25.0 Å². The zero-order valence-electron chi connectivity index (χ0n) is 9.56. The average Bonchev–Trinajstić information content (AvgIpc) is 2.20. The molecule has 0 radical (unpaired) electrons. The summed E-state index contributed by atoms with van der Waals surface area (Å²) in [6.07, 6.45) is 0. The Bertz CT molecular complexity index is 377. The van der Waals surface area contributed by atoms with Gasteiger partial charge < -0.3 is 10.8 Å². The Morgan fingerprint density at radius 1 is 1.50 bits per heavy atom. The number of aliphatic carboxylic acids is 1. The molecule has 0 amide bonds. The van der Waals surface area contributed by atoms with E-state index in [4.69, 9.17) is 10.8 Å². The number of hydrogen-bond acceptors (Lipinski definition) is 3. The van der Waals surface area contributed by atoms with Crippen LogP contribution in [0.1, 0.15) is 18.1 Å². The second-order valence-electron chi connectivity index (χ2n) is 4.14. The number of benzene rings is 1. The summed E-state index contributed by atoms with van der Waals surface area (Å²) in [5.41, 5.74) is 6.95. The van der Waals surface area contributed by atoms with E-state index >= 15 is 0 Å². The summed E-state index contributed by atoms with van der Waals surface area (Å²) >= 11 is 1.55. The zero-order valence-corrected chi connectivity index (χ0v) is 10.4.